The van der Waals surface area contributed by atoms with Gasteiger partial charge in [-0.2, -0.15) is 0 Å². The van der Waals surface area contributed by atoms with Crippen molar-refractivity contribution in [2.45, 2.75) is 44.3 Å². The van der Waals surface area contributed by atoms with Crippen LogP contribution in [-0.4, -0.2) is 51.3 Å². The maximum Gasteiger partial charge on any atom is 0.330 e. The van der Waals surface area contributed by atoms with E-state index in [9.17, 15) is 19.5 Å². The van der Waals surface area contributed by atoms with Gasteiger partial charge in [0, 0.05) is 35.6 Å². The van der Waals surface area contributed by atoms with Gasteiger partial charge in [-0.05, 0) is 31.5 Å². The van der Waals surface area contributed by atoms with E-state index in [1.165, 1.54) is 16.8 Å². The Hall–Kier alpha value is -2.04. The first-order valence-electron chi connectivity index (χ1n) is 9.82. The second kappa shape index (κ2) is 10.7. The zero-order chi connectivity index (χ0) is 23.4. The van der Waals surface area contributed by atoms with E-state index in [1.807, 2.05) is 0 Å². The molecule has 0 saturated carbocycles. The first-order valence-corrected chi connectivity index (χ1v) is 11.1. The van der Waals surface area contributed by atoms with Crippen LogP contribution in [0.2, 0.25) is 10.0 Å². The smallest absolute Gasteiger partial charge is 0.330 e. The maximum atomic E-state index is 12.4. The summed E-state index contributed by atoms with van der Waals surface area (Å²) < 4.78 is 12.5. The van der Waals surface area contributed by atoms with E-state index in [2.05, 4.69) is 10.3 Å². The van der Waals surface area contributed by atoms with Crippen LogP contribution in [0.1, 0.15) is 25.1 Å². The summed E-state index contributed by atoms with van der Waals surface area (Å²) in [6.07, 6.45) is -1.59. The molecule has 4 atom stereocenters. The van der Waals surface area contributed by atoms with Crippen molar-refractivity contribution in [3.63, 3.8) is 0 Å². The number of nitrogens with one attached hydrogen (secondary N) is 2. The van der Waals surface area contributed by atoms with Crippen LogP contribution < -0.4 is 21.3 Å². The van der Waals surface area contributed by atoms with E-state index in [-0.39, 0.29) is 30.3 Å². The SMILES string of the molecule is CC(Oc1ccc(Cl)cc1Cl)C(=O)NC[C@@H]1O[C@H](n2cc(CCCl)c(=O)[nH]c2=O)CC1O. The van der Waals surface area contributed by atoms with E-state index < -0.39 is 41.7 Å². The summed E-state index contributed by atoms with van der Waals surface area (Å²) >= 11 is 17.6. The minimum atomic E-state index is -0.933. The van der Waals surface area contributed by atoms with Gasteiger partial charge in [0.2, 0.25) is 0 Å². The molecule has 9 nitrogen and oxygen atoms in total. The molecule has 3 N–H and O–H groups in total. The number of aromatic nitrogens is 2. The molecule has 1 saturated heterocycles. The Labute approximate surface area is 198 Å². The molecule has 1 aliphatic rings. The van der Waals surface area contributed by atoms with Crippen LogP contribution in [0.5, 0.6) is 5.75 Å². The monoisotopic (exact) mass is 505 g/mol. The summed E-state index contributed by atoms with van der Waals surface area (Å²) in [5, 5.41) is 13.7. The molecule has 2 unspecified atom stereocenters. The molecule has 0 spiro atoms. The van der Waals surface area contributed by atoms with Gasteiger partial charge >= 0.3 is 5.69 Å². The zero-order valence-electron chi connectivity index (χ0n) is 17.0. The molecule has 174 valence electrons. The number of carbonyl (C=O) groups excluding carboxylic acids is 1. The lowest BCUT2D eigenvalue weighted by molar-refractivity contribution is -0.128. The summed E-state index contributed by atoms with van der Waals surface area (Å²) in [5.74, 6) is 0.0768. The number of H-pyrrole nitrogens is 1. The molecule has 1 aliphatic heterocycles. The van der Waals surface area contributed by atoms with Gasteiger partial charge in [-0.15, -0.1) is 11.6 Å². The molecule has 12 heteroatoms. The number of hydrogen-bond donors (Lipinski definition) is 3. The van der Waals surface area contributed by atoms with Gasteiger partial charge in [-0.25, -0.2) is 4.79 Å². The predicted octanol–water partition coefficient (Wildman–Crippen LogP) is 1.86. The minimum Gasteiger partial charge on any atom is -0.479 e. The van der Waals surface area contributed by atoms with E-state index in [1.54, 1.807) is 19.1 Å². The van der Waals surface area contributed by atoms with Crippen molar-refractivity contribution in [2.24, 2.45) is 0 Å². The fourth-order valence-corrected chi connectivity index (χ4v) is 3.91. The Bertz CT molecular complexity index is 1090. The van der Waals surface area contributed by atoms with E-state index in [0.717, 1.165) is 0 Å². The zero-order valence-corrected chi connectivity index (χ0v) is 19.3. The number of aromatic amines is 1. The van der Waals surface area contributed by atoms with Crippen LogP contribution in [0.15, 0.2) is 34.0 Å². The van der Waals surface area contributed by atoms with Crippen LogP contribution in [0.25, 0.3) is 0 Å². The van der Waals surface area contributed by atoms with Gasteiger partial charge in [-0.3, -0.25) is 19.1 Å². The minimum absolute atomic E-state index is 0.00874. The fourth-order valence-electron chi connectivity index (χ4n) is 3.25. The quantitative estimate of drug-likeness (QED) is 0.470. The number of carbonyl (C=O) groups is 1. The summed E-state index contributed by atoms with van der Waals surface area (Å²) in [6.45, 7) is 1.54. The molecule has 0 radical (unpaired) electrons. The number of amides is 1. The second-order valence-electron chi connectivity index (χ2n) is 7.27. The highest BCUT2D eigenvalue weighted by atomic mass is 35.5. The van der Waals surface area contributed by atoms with Gasteiger partial charge in [0.25, 0.3) is 11.5 Å². The third kappa shape index (κ3) is 5.85. The first kappa shape index (κ1) is 24.6. The Morgan fingerprint density at radius 3 is 2.84 bits per heavy atom. The average Bonchev–Trinajstić information content (AvgIpc) is 3.10. The van der Waals surface area contributed by atoms with Crippen LogP contribution in [0.3, 0.4) is 0 Å². The molecule has 1 fully saturated rings. The number of aliphatic hydroxyl groups excluding tert-OH is 1. The van der Waals surface area contributed by atoms with Gasteiger partial charge in [-0.1, -0.05) is 23.2 Å². The first-order chi connectivity index (χ1) is 15.2. The van der Waals surface area contributed by atoms with Gasteiger partial charge in [0.05, 0.1) is 11.1 Å². The molecule has 0 aliphatic carbocycles. The molecule has 2 aromatic rings. The number of alkyl halides is 1. The number of benzene rings is 1. The maximum absolute atomic E-state index is 12.4. The van der Waals surface area contributed by atoms with E-state index in [0.29, 0.717) is 16.3 Å². The number of nitrogens with zero attached hydrogens (tertiary/aromatic N) is 1. The molecule has 32 heavy (non-hydrogen) atoms. The van der Waals surface area contributed by atoms with Crippen molar-refractivity contribution in [3.05, 3.63) is 60.8 Å². The summed E-state index contributed by atoms with van der Waals surface area (Å²) in [4.78, 5) is 38.6. The number of aryl methyl sites for hydroxylation is 1. The van der Waals surface area contributed by atoms with Crippen molar-refractivity contribution < 1.29 is 19.4 Å². The molecule has 1 aromatic carbocycles. The van der Waals surface area contributed by atoms with Gasteiger partial charge in [0.1, 0.15) is 18.1 Å². The number of aliphatic hydroxyl groups is 1. The Balaban J connectivity index is 1.59. The molecule has 0 bridgehead atoms. The Kier molecular flexibility index (Phi) is 8.24. The standard InChI is InChI=1S/C20H22Cl3N3O6/c1-10(31-15-3-2-12(22)6-13(15)23)18(28)24-8-16-14(27)7-17(32-16)26-9-11(4-5-21)19(29)25-20(26)30/h2-3,6,9-10,14,16-17,27H,4-5,7-8H2,1H3,(H,24,28)(H,25,29,30)/t10?,14?,16-,17-/m0/s1. The molecular formula is C20H22Cl3N3O6. The lowest BCUT2D eigenvalue weighted by Crippen LogP contribution is -2.42. The highest BCUT2D eigenvalue weighted by molar-refractivity contribution is 6.35. The van der Waals surface area contributed by atoms with Crippen LogP contribution >= 0.6 is 34.8 Å². The third-order valence-corrected chi connectivity index (χ3v) is 5.68. The Morgan fingerprint density at radius 2 is 2.16 bits per heavy atom. The lowest BCUT2D eigenvalue weighted by Gasteiger charge is -2.19. The topological polar surface area (TPSA) is 123 Å². The number of halogens is 3. The average molecular weight is 507 g/mol. The molecular weight excluding hydrogens is 485 g/mol. The van der Waals surface area contributed by atoms with E-state index >= 15 is 0 Å². The Morgan fingerprint density at radius 1 is 1.41 bits per heavy atom. The second-order valence-corrected chi connectivity index (χ2v) is 8.49. The lowest BCUT2D eigenvalue weighted by atomic mass is 10.1. The van der Waals surface area contributed by atoms with Crippen molar-refractivity contribution >= 4 is 40.7 Å². The highest BCUT2D eigenvalue weighted by Crippen LogP contribution is 2.29. The van der Waals surface area contributed by atoms with Crippen molar-refractivity contribution in [1.29, 1.82) is 0 Å². The van der Waals surface area contributed by atoms with Crippen molar-refractivity contribution in [1.82, 2.24) is 14.9 Å². The number of hydrogen-bond acceptors (Lipinski definition) is 6. The highest BCUT2D eigenvalue weighted by Gasteiger charge is 2.36. The van der Waals surface area contributed by atoms with Crippen LogP contribution in [0.4, 0.5) is 0 Å². The van der Waals surface area contributed by atoms with Crippen molar-refractivity contribution in [3.8, 4) is 5.75 Å². The molecule has 1 aromatic heterocycles. The largest absolute Gasteiger partial charge is 0.479 e. The summed E-state index contributed by atoms with van der Waals surface area (Å²) in [7, 11) is 0. The number of ether oxygens (including phenoxy) is 2. The van der Waals surface area contributed by atoms with Crippen LogP contribution in [0, 0.1) is 0 Å². The fraction of sp³-hybridized carbons (Fsp3) is 0.450. The van der Waals surface area contributed by atoms with Crippen molar-refractivity contribution in [2.75, 3.05) is 12.4 Å². The third-order valence-electron chi connectivity index (χ3n) is 4.96. The summed E-state index contributed by atoms with van der Waals surface area (Å²) in [6, 6.07) is 4.65. The molecule has 1 amide bonds. The van der Waals surface area contributed by atoms with Crippen LogP contribution in [-0.2, 0) is 16.0 Å². The summed E-state index contributed by atoms with van der Waals surface area (Å²) in [5.41, 5.74) is -0.831. The predicted molar refractivity (Wildman–Crippen MR) is 120 cm³/mol. The normalized spacial score (nSPS) is 21.3. The molecule has 3 rings (SSSR count). The van der Waals surface area contributed by atoms with Gasteiger partial charge < -0.3 is 19.9 Å². The van der Waals surface area contributed by atoms with Gasteiger partial charge in [0.15, 0.2) is 6.10 Å². The van der Waals surface area contributed by atoms with E-state index in [4.69, 9.17) is 44.3 Å². The molecule has 2 heterocycles. The number of rotatable bonds is 8.